The van der Waals surface area contributed by atoms with Crippen LogP contribution in [-0.4, -0.2) is 24.4 Å². The van der Waals surface area contributed by atoms with Crippen LogP contribution in [0.15, 0.2) is 60.7 Å². The van der Waals surface area contributed by atoms with E-state index in [9.17, 15) is 18.0 Å². The molecule has 28 heavy (non-hydrogen) atoms. The van der Waals surface area contributed by atoms with Crippen LogP contribution < -0.4 is 5.32 Å². The zero-order valence-corrected chi connectivity index (χ0v) is 15.0. The molecule has 1 aliphatic carbocycles. The van der Waals surface area contributed by atoms with Crippen molar-refractivity contribution in [1.82, 2.24) is 4.90 Å². The van der Waals surface area contributed by atoms with Crippen molar-refractivity contribution in [1.29, 1.82) is 0 Å². The van der Waals surface area contributed by atoms with Gasteiger partial charge in [0.05, 0.1) is 18.3 Å². The number of rotatable bonds is 4. The number of anilines is 1. The molecule has 0 aromatic heterocycles. The fourth-order valence-electron chi connectivity index (χ4n) is 3.73. The topological polar surface area (TPSA) is 32.3 Å². The summed E-state index contributed by atoms with van der Waals surface area (Å²) in [6.07, 6.45) is 0. The molecule has 1 aliphatic rings. The lowest BCUT2D eigenvalue weighted by Crippen LogP contribution is -2.33. The Morgan fingerprint density at radius 1 is 0.893 bits per heavy atom. The van der Waals surface area contributed by atoms with Crippen molar-refractivity contribution in [2.45, 2.75) is 6.04 Å². The lowest BCUT2D eigenvalue weighted by atomic mass is 10.0. The summed E-state index contributed by atoms with van der Waals surface area (Å²) >= 11 is 0. The average molecular weight is 382 g/mol. The van der Waals surface area contributed by atoms with Crippen molar-refractivity contribution in [3.8, 4) is 11.1 Å². The molecule has 0 saturated carbocycles. The Kier molecular flexibility index (Phi) is 4.65. The molecule has 1 amide bonds. The summed E-state index contributed by atoms with van der Waals surface area (Å²) in [5, 5.41) is 2.32. The molecule has 3 aromatic carbocycles. The highest BCUT2D eigenvalue weighted by Gasteiger charge is 2.31. The van der Waals surface area contributed by atoms with Gasteiger partial charge in [-0.25, -0.2) is 13.2 Å². The first-order valence-electron chi connectivity index (χ1n) is 8.79. The Morgan fingerprint density at radius 2 is 1.46 bits per heavy atom. The summed E-state index contributed by atoms with van der Waals surface area (Å²) < 4.78 is 40.2. The minimum Gasteiger partial charge on any atom is -0.322 e. The second-order valence-electron chi connectivity index (χ2n) is 6.76. The zero-order valence-electron chi connectivity index (χ0n) is 15.0. The third kappa shape index (κ3) is 3.05. The average Bonchev–Trinajstić information content (AvgIpc) is 3.03. The third-order valence-corrected chi connectivity index (χ3v) is 4.94. The van der Waals surface area contributed by atoms with Gasteiger partial charge in [0.25, 0.3) is 0 Å². The molecule has 0 unspecified atom stereocenters. The molecule has 3 nitrogen and oxygen atoms in total. The lowest BCUT2D eigenvalue weighted by molar-refractivity contribution is -0.117. The van der Waals surface area contributed by atoms with Crippen molar-refractivity contribution in [3.63, 3.8) is 0 Å². The molecule has 6 heteroatoms. The SMILES string of the molecule is CN(CC(=O)Nc1ccc(F)c(F)c1F)C1c2ccccc2-c2ccccc21. The van der Waals surface area contributed by atoms with Gasteiger partial charge in [0, 0.05) is 0 Å². The van der Waals surface area contributed by atoms with E-state index in [0.29, 0.717) is 0 Å². The molecule has 0 spiro atoms. The molecule has 4 rings (SSSR count). The van der Waals surface area contributed by atoms with Crippen molar-refractivity contribution >= 4 is 11.6 Å². The van der Waals surface area contributed by atoms with Gasteiger partial charge in [0.15, 0.2) is 17.5 Å². The smallest absolute Gasteiger partial charge is 0.238 e. The number of halogens is 3. The van der Waals surface area contributed by atoms with E-state index in [4.69, 9.17) is 0 Å². The molecule has 0 radical (unpaired) electrons. The molecular weight excluding hydrogens is 365 g/mol. The Labute approximate surface area is 160 Å². The van der Waals surface area contributed by atoms with Crippen LogP contribution in [0.3, 0.4) is 0 Å². The molecule has 142 valence electrons. The van der Waals surface area contributed by atoms with E-state index in [1.165, 1.54) is 0 Å². The summed E-state index contributed by atoms with van der Waals surface area (Å²) in [4.78, 5) is 14.3. The van der Waals surface area contributed by atoms with Gasteiger partial charge in [-0.15, -0.1) is 0 Å². The molecule has 0 atom stereocenters. The minimum atomic E-state index is -1.61. The number of likely N-dealkylation sites (N-methyl/N-ethyl adjacent to an activating group) is 1. The Hall–Kier alpha value is -3.12. The van der Waals surface area contributed by atoms with Gasteiger partial charge in [-0.3, -0.25) is 9.69 Å². The molecule has 0 fully saturated rings. The van der Waals surface area contributed by atoms with Gasteiger partial charge in [-0.05, 0) is 41.4 Å². The zero-order chi connectivity index (χ0) is 19.8. The minimum absolute atomic E-state index is 0.0498. The van der Waals surface area contributed by atoms with E-state index in [0.717, 1.165) is 34.4 Å². The number of fused-ring (bicyclic) bond motifs is 3. The van der Waals surface area contributed by atoms with Gasteiger partial charge in [0.2, 0.25) is 5.91 Å². The van der Waals surface area contributed by atoms with Crippen molar-refractivity contribution in [3.05, 3.63) is 89.2 Å². The summed E-state index contributed by atoms with van der Waals surface area (Å²) in [6.45, 7) is -0.0498. The standard InChI is InChI=1S/C22H17F3N2O/c1-27(12-19(28)26-18-11-10-17(23)20(24)21(18)25)22-15-8-4-2-6-13(15)14-7-3-5-9-16(14)22/h2-11,22H,12H2,1H3,(H,26,28). The van der Waals surface area contributed by atoms with E-state index in [-0.39, 0.29) is 18.3 Å². The second-order valence-corrected chi connectivity index (χ2v) is 6.76. The maximum absolute atomic E-state index is 13.8. The molecule has 0 aliphatic heterocycles. The predicted octanol–water partition coefficient (Wildman–Crippen LogP) is 4.74. The molecule has 1 N–H and O–H groups in total. The van der Waals surface area contributed by atoms with Crippen LogP contribution >= 0.6 is 0 Å². The maximum atomic E-state index is 13.8. The van der Waals surface area contributed by atoms with E-state index in [2.05, 4.69) is 5.32 Å². The summed E-state index contributed by atoms with van der Waals surface area (Å²) in [6, 6.07) is 17.6. The third-order valence-electron chi connectivity index (χ3n) is 4.94. The van der Waals surface area contributed by atoms with Gasteiger partial charge in [-0.2, -0.15) is 0 Å². The molecule has 0 bridgehead atoms. The van der Waals surface area contributed by atoms with Crippen LogP contribution in [0.4, 0.5) is 18.9 Å². The fraction of sp³-hybridized carbons (Fsp3) is 0.136. The van der Waals surface area contributed by atoms with E-state index < -0.39 is 23.4 Å². The largest absolute Gasteiger partial charge is 0.322 e. The van der Waals surface area contributed by atoms with Crippen LogP contribution in [0.25, 0.3) is 11.1 Å². The van der Waals surface area contributed by atoms with E-state index in [1.807, 2.05) is 53.4 Å². The number of carbonyl (C=O) groups is 1. The Balaban J connectivity index is 1.57. The first kappa shape index (κ1) is 18.3. The van der Waals surface area contributed by atoms with Crippen LogP contribution in [-0.2, 0) is 4.79 Å². The van der Waals surface area contributed by atoms with Crippen LogP contribution in [0.5, 0.6) is 0 Å². The number of nitrogens with one attached hydrogen (secondary N) is 1. The van der Waals surface area contributed by atoms with Crippen molar-refractivity contribution in [2.75, 3.05) is 18.9 Å². The Bertz CT molecular complexity index is 1020. The first-order valence-corrected chi connectivity index (χ1v) is 8.79. The molecular formula is C22H17F3N2O. The fourth-order valence-corrected chi connectivity index (χ4v) is 3.73. The van der Waals surface area contributed by atoms with E-state index >= 15 is 0 Å². The first-order chi connectivity index (χ1) is 13.5. The highest BCUT2D eigenvalue weighted by Crippen LogP contribution is 2.45. The monoisotopic (exact) mass is 382 g/mol. The van der Waals surface area contributed by atoms with Crippen LogP contribution in [0, 0.1) is 17.5 Å². The van der Waals surface area contributed by atoms with Gasteiger partial charge in [-0.1, -0.05) is 48.5 Å². The Morgan fingerprint density at radius 3 is 2.07 bits per heavy atom. The highest BCUT2D eigenvalue weighted by molar-refractivity contribution is 5.92. The highest BCUT2D eigenvalue weighted by atomic mass is 19.2. The lowest BCUT2D eigenvalue weighted by Gasteiger charge is -2.26. The maximum Gasteiger partial charge on any atom is 0.238 e. The van der Waals surface area contributed by atoms with E-state index in [1.54, 1.807) is 7.05 Å². The number of benzene rings is 3. The number of carbonyl (C=O) groups excluding carboxylic acids is 1. The number of hydrogen-bond donors (Lipinski definition) is 1. The van der Waals surface area contributed by atoms with Crippen molar-refractivity contribution in [2.24, 2.45) is 0 Å². The van der Waals surface area contributed by atoms with Crippen LogP contribution in [0.1, 0.15) is 17.2 Å². The normalized spacial score (nSPS) is 12.8. The summed E-state index contributed by atoms with van der Waals surface area (Å²) in [5.41, 5.74) is 4.00. The molecule has 0 heterocycles. The number of nitrogens with zero attached hydrogens (tertiary/aromatic N) is 1. The number of hydrogen-bond acceptors (Lipinski definition) is 2. The van der Waals surface area contributed by atoms with Crippen molar-refractivity contribution < 1.29 is 18.0 Å². The number of amides is 1. The van der Waals surface area contributed by atoms with Gasteiger partial charge >= 0.3 is 0 Å². The summed E-state index contributed by atoms with van der Waals surface area (Å²) in [7, 11) is 1.80. The quantitative estimate of drug-likeness (QED) is 0.661. The molecule has 0 saturated heterocycles. The van der Waals surface area contributed by atoms with Crippen LogP contribution in [0.2, 0.25) is 0 Å². The second kappa shape index (κ2) is 7.13. The molecule has 3 aromatic rings. The predicted molar refractivity (Wildman–Crippen MR) is 101 cm³/mol. The van der Waals surface area contributed by atoms with Gasteiger partial charge in [0.1, 0.15) is 0 Å². The summed E-state index contributed by atoms with van der Waals surface area (Å²) in [5.74, 6) is -4.83. The van der Waals surface area contributed by atoms with Gasteiger partial charge < -0.3 is 5.32 Å².